The Hall–Kier alpha value is -2.97. The number of carbonyl (C=O) groups is 1. The number of methoxy groups -OCH3 is 1. The van der Waals surface area contributed by atoms with Crippen molar-refractivity contribution in [2.24, 2.45) is 0 Å². The van der Waals surface area contributed by atoms with Crippen LogP contribution in [0.25, 0.3) is 11.0 Å². The number of hydrogen-bond donors (Lipinski definition) is 1. The summed E-state index contributed by atoms with van der Waals surface area (Å²) < 4.78 is 10.2. The van der Waals surface area contributed by atoms with Gasteiger partial charge in [0.1, 0.15) is 11.3 Å². The Kier molecular flexibility index (Phi) is 5.50. The topological polar surface area (TPSA) is 83.7 Å². The van der Waals surface area contributed by atoms with Crippen molar-refractivity contribution in [3.8, 4) is 5.75 Å². The Morgan fingerprint density at radius 1 is 1.07 bits per heavy atom. The molecule has 28 heavy (non-hydrogen) atoms. The minimum atomic E-state index is -0.0614. The van der Waals surface area contributed by atoms with Crippen LogP contribution in [-0.2, 0) is 11.3 Å². The highest BCUT2D eigenvalue weighted by atomic mass is 16.6. The Morgan fingerprint density at radius 2 is 1.86 bits per heavy atom. The molecule has 0 saturated carbocycles. The summed E-state index contributed by atoms with van der Waals surface area (Å²) in [5.41, 5.74) is 3.00. The lowest BCUT2D eigenvalue weighted by Gasteiger charge is -2.34. The molecule has 1 amide bonds. The van der Waals surface area contributed by atoms with Gasteiger partial charge in [-0.2, -0.15) is 0 Å². The van der Waals surface area contributed by atoms with Gasteiger partial charge in [0.15, 0.2) is 5.52 Å². The predicted molar refractivity (Wildman–Crippen MR) is 105 cm³/mol. The minimum absolute atomic E-state index is 0.0614. The van der Waals surface area contributed by atoms with Gasteiger partial charge in [0, 0.05) is 38.3 Å². The summed E-state index contributed by atoms with van der Waals surface area (Å²) in [6.07, 6.45) is 0. The van der Waals surface area contributed by atoms with Crippen LogP contribution in [0.5, 0.6) is 5.75 Å². The number of aromatic nitrogens is 2. The Morgan fingerprint density at radius 3 is 2.68 bits per heavy atom. The molecule has 8 heteroatoms. The van der Waals surface area contributed by atoms with Gasteiger partial charge in [0.2, 0.25) is 5.91 Å². The molecular weight excluding hydrogens is 358 g/mol. The molecule has 1 aromatic heterocycles. The van der Waals surface area contributed by atoms with Crippen molar-refractivity contribution >= 4 is 22.6 Å². The number of benzene rings is 2. The second kappa shape index (κ2) is 8.37. The first kappa shape index (κ1) is 18.4. The molecule has 0 bridgehead atoms. The zero-order valence-corrected chi connectivity index (χ0v) is 15.8. The maximum Gasteiger partial charge on any atom is 0.238 e. The van der Waals surface area contributed by atoms with E-state index in [0.717, 1.165) is 38.5 Å². The van der Waals surface area contributed by atoms with Gasteiger partial charge in [-0.3, -0.25) is 14.6 Å². The van der Waals surface area contributed by atoms with E-state index in [0.29, 0.717) is 23.3 Å². The zero-order chi connectivity index (χ0) is 19.3. The SMILES string of the molecule is COc1ccccc1CN1CCN(CC(=O)Nc2cccc3nonc23)CC1. The lowest BCUT2D eigenvalue weighted by molar-refractivity contribution is -0.117. The number of nitrogens with zero attached hydrogens (tertiary/aromatic N) is 4. The van der Waals surface area contributed by atoms with Gasteiger partial charge in [-0.25, -0.2) is 4.63 Å². The number of amides is 1. The van der Waals surface area contributed by atoms with Gasteiger partial charge in [0.05, 0.1) is 19.3 Å². The van der Waals surface area contributed by atoms with Crippen LogP contribution in [-0.4, -0.2) is 65.9 Å². The number of rotatable bonds is 6. The summed E-state index contributed by atoms with van der Waals surface area (Å²) in [5.74, 6) is 0.856. The van der Waals surface area contributed by atoms with Crippen molar-refractivity contribution < 1.29 is 14.2 Å². The van der Waals surface area contributed by atoms with Crippen LogP contribution in [0.2, 0.25) is 0 Å². The van der Waals surface area contributed by atoms with E-state index in [9.17, 15) is 4.79 Å². The van der Waals surface area contributed by atoms with Crippen LogP contribution in [0, 0.1) is 0 Å². The average Bonchev–Trinajstić information content (AvgIpc) is 3.20. The molecule has 1 saturated heterocycles. The van der Waals surface area contributed by atoms with E-state index >= 15 is 0 Å². The average molecular weight is 381 g/mol. The molecule has 0 spiro atoms. The summed E-state index contributed by atoms with van der Waals surface area (Å²) in [5, 5.41) is 10.6. The number of carbonyl (C=O) groups excluding carboxylic acids is 1. The number of piperazine rings is 1. The highest BCUT2D eigenvalue weighted by molar-refractivity contribution is 5.99. The fourth-order valence-electron chi connectivity index (χ4n) is 3.48. The first-order valence-corrected chi connectivity index (χ1v) is 9.30. The molecule has 0 radical (unpaired) electrons. The van der Waals surface area contributed by atoms with Gasteiger partial charge >= 0.3 is 0 Å². The van der Waals surface area contributed by atoms with Crippen molar-refractivity contribution in [1.82, 2.24) is 20.1 Å². The predicted octanol–water partition coefficient (Wildman–Crippen LogP) is 1.99. The van der Waals surface area contributed by atoms with Crippen molar-refractivity contribution in [1.29, 1.82) is 0 Å². The normalized spacial score (nSPS) is 15.6. The Bertz CT molecular complexity index is 950. The largest absolute Gasteiger partial charge is 0.496 e. The summed E-state index contributed by atoms with van der Waals surface area (Å²) in [7, 11) is 1.70. The highest BCUT2D eigenvalue weighted by Gasteiger charge is 2.20. The molecule has 3 aromatic rings. The first-order valence-electron chi connectivity index (χ1n) is 9.30. The lowest BCUT2D eigenvalue weighted by Crippen LogP contribution is -2.48. The summed E-state index contributed by atoms with van der Waals surface area (Å²) >= 11 is 0. The quantitative estimate of drug-likeness (QED) is 0.699. The van der Waals surface area contributed by atoms with Gasteiger partial charge < -0.3 is 10.1 Å². The minimum Gasteiger partial charge on any atom is -0.496 e. The van der Waals surface area contributed by atoms with Gasteiger partial charge in [-0.1, -0.05) is 24.3 Å². The molecule has 1 aliphatic rings. The zero-order valence-electron chi connectivity index (χ0n) is 15.8. The van der Waals surface area contributed by atoms with Crippen molar-refractivity contribution in [2.45, 2.75) is 6.54 Å². The van der Waals surface area contributed by atoms with E-state index in [1.807, 2.05) is 24.3 Å². The van der Waals surface area contributed by atoms with Crippen LogP contribution in [0.3, 0.4) is 0 Å². The van der Waals surface area contributed by atoms with Crippen LogP contribution in [0.1, 0.15) is 5.56 Å². The number of nitrogens with one attached hydrogen (secondary N) is 1. The van der Waals surface area contributed by atoms with Gasteiger partial charge in [0.25, 0.3) is 0 Å². The first-order chi connectivity index (χ1) is 13.7. The smallest absolute Gasteiger partial charge is 0.238 e. The molecule has 1 aliphatic heterocycles. The number of ether oxygens (including phenoxy) is 1. The molecule has 4 rings (SSSR count). The number of anilines is 1. The van der Waals surface area contributed by atoms with Crippen molar-refractivity contribution in [3.63, 3.8) is 0 Å². The van der Waals surface area contributed by atoms with E-state index in [1.165, 1.54) is 5.56 Å². The van der Waals surface area contributed by atoms with E-state index in [2.05, 4.69) is 31.5 Å². The summed E-state index contributed by atoms with van der Waals surface area (Å²) in [6.45, 7) is 4.72. The third-order valence-electron chi connectivity index (χ3n) is 4.98. The molecule has 1 N–H and O–H groups in total. The van der Waals surface area contributed by atoms with Crippen molar-refractivity contribution in [2.75, 3.05) is 45.2 Å². The third kappa shape index (κ3) is 4.13. The molecule has 0 atom stereocenters. The third-order valence-corrected chi connectivity index (χ3v) is 4.98. The van der Waals surface area contributed by atoms with Crippen LogP contribution < -0.4 is 10.1 Å². The summed E-state index contributed by atoms with van der Waals surface area (Å²) in [4.78, 5) is 17.0. The highest BCUT2D eigenvalue weighted by Crippen LogP contribution is 2.21. The van der Waals surface area contributed by atoms with Crippen LogP contribution in [0.4, 0.5) is 5.69 Å². The van der Waals surface area contributed by atoms with Crippen molar-refractivity contribution in [3.05, 3.63) is 48.0 Å². The van der Waals surface area contributed by atoms with Crippen LogP contribution in [0.15, 0.2) is 47.1 Å². The Balaban J connectivity index is 1.28. The Labute approximate surface area is 163 Å². The molecule has 8 nitrogen and oxygen atoms in total. The summed E-state index contributed by atoms with van der Waals surface area (Å²) in [6, 6.07) is 13.5. The second-order valence-corrected chi connectivity index (χ2v) is 6.85. The van der Waals surface area contributed by atoms with E-state index in [4.69, 9.17) is 9.37 Å². The van der Waals surface area contributed by atoms with Gasteiger partial charge in [-0.15, -0.1) is 0 Å². The van der Waals surface area contributed by atoms with Gasteiger partial charge in [-0.05, 0) is 28.5 Å². The second-order valence-electron chi connectivity index (χ2n) is 6.85. The molecule has 0 unspecified atom stereocenters. The molecule has 146 valence electrons. The molecule has 1 fully saturated rings. The van der Waals surface area contributed by atoms with E-state index in [-0.39, 0.29) is 5.91 Å². The number of hydrogen-bond acceptors (Lipinski definition) is 7. The fourth-order valence-corrected chi connectivity index (χ4v) is 3.48. The molecule has 2 aromatic carbocycles. The van der Waals surface area contributed by atoms with E-state index in [1.54, 1.807) is 19.2 Å². The molecule has 0 aliphatic carbocycles. The lowest BCUT2D eigenvalue weighted by atomic mass is 10.1. The monoisotopic (exact) mass is 381 g/mol. The number of para-hydroxylation sites is 1. The maximum atomic E-state index is 12.4. The number of fused-ring (bicyclic) bond motifs is 1. The fraction of sp³-hybridized carbons (Fsp3) is 0.350. The van der Waals surface area contributed by atoms with E-state index < -0.39 is 0 Å². The standard InChI is InChI=1S/C20H23N5O3/c1-27-18-8-3-2-5-15(18)13-24-9-11-25(12-10-24)14-19(26)21-16-6-4-7-17-20(16)23-28-22-17/h2-8H,9-14H2,1H3,(H,21,26). The maximum absolute atomic E-state index is 12.4. The molecular formula is C20H23N5O3. The van der Waals surface area contributed by atoms with Crippen LogP contribution >= 0.6 is 0 Å². The molecule has 2 heterocycles.